The Bertz CT molecular complexity index is 534. The van der Waals surface area contributed by atoms with Gasteiger partial charge in [-0.05, 0) is 13.8 Å². The summed E-state index contributed by atoms with van der Waals surface area (Å²) in [5.74, 6) is 0.264. The first kappa shape index (κ1) is 14.7. The molecule has 0 amide bonds. The number of imidazole rings is 1. The average Bonchev–Trinajstić information content (AvgIpc) is 2.68. The van der Waals surface area contributed by atoms with E-state index in [1.165, 1.54) is 6.20 Å². The number of amidine groups is 1. The van der Waals surface area contributed by atoms with Crippen molar-refractivity contribution in [3.05, 3.63) is 12.0 Å². The van der Waals surface area contributed by atoms with Crippen molar-refractivity contribution in [1.29, 1.82) is 5.41 Å². The molecule has 4 N–H and O–H groups in total. The molecule has 0 bridgehead atoms. The molecular weight excluding hydrogens is 254 g/mol. The Hall–Kier alpha value is -1.41. The Kier molecular flexibility index (Phi) is 4.47. The molecule has 0 spiro atoms. The first-order chi connectivity index (χ1) is 8.27. The lowest BCUT2D eigenvalue weighted by molar-refractivity contribution is 0.571. The van der Waals surface area contributed by atoms with Crippen LogP contribution in [0.2, 0.25) is 0 Å². The fourth-order valence-electron chi connectivity index (χ4n) is 1.35. The van der Waals surface area contributed by atoms with Gasteiger partial charge >= 0.3 is 0 Å². The van der Waals surface area contributed by atoms with Crippen LogP contribution in [0.4, 0.5) is 0 Å². The molecular formula is C10H19N5O2S. The van der Waals surface area contributed by atoms with Crippen molar-refractivity contribution in [3.63, 3.8) is 0 Å². The van der Waals surface area contributed by atoms with Gasteiger partial charge in [0, 0.05) is 25.2 Å². The van der Waals surface area contributed by atoms with Crippen LogP contribution in [0.1, 0.15) is 19.7 Å². The van der Waals surface area contributed by atoms with Gasteiger partial charge in [0.15, 0.2) is 5.03 Å². The Morgan fingerprint density at radius 2 is 2.28 bits per heavy atom. The Labute approximate surface area is 107 Å². The molecule has 1 unspecified atom stereocenters. The number of rotatable bonds is 6. The molecule has 1 heterocycles. The van der Waals surface area contributed by atoms with Gasteiger partial charge in [-0.25, -0.2) is 18.1 Å². The molecule has 0 aliphatic heterocycles. The number of nitrogens with one attached hydrogen (secondary N) is 2. The number of aromatic nitrogens is 2. The summed E-state index contributed by atoms with van der Waals surface area (Å²) in [5, 5.41) is 7.20. The van der Waals surface area contributed by atoms with E-state index in [1.807, 2.05) is 6.92 Å². The quantitative estimate of drug-likeness (QED) is 0.502. The summed E-state index contributed by atoms with van der Waals surface area (Å²) in [6.45, 7) is 6.10. The van der Waals surface area contributed by atoms with Gasteiger partial charge in [-0.3, -0.25) is 5.41 Å². The van der Waals surface area contributed by atoms with E-state index in [0.29, 0.717) is 12.4 Å². The molecule has 0 saturated carbocycles. The zero-order valence-electron chi connectivity index (χ0n) is 10.8. The molecule has 0 saturated heterocycles. The minimum absolute atomic E-state index is 0.00222. The lowest BCUT2D eigenvalue weighted by Gasteiger charge is -2.09. The third kappa shape index (κ3) is 3.30. The van der Waals surface area contributed by atoms with Gasteiger partial charge in [-0.1, -0.05) is 6.92 Å². The van der Waals surface area contributed by atoms with Gasteiger partial charge < -0.3 is 10.3 Å². The lowest BCUT2D eigenvalue weighted by atomic mass is 10.2. The van der Waals surface area contributed by atoms with Gasteiger partial charge in [0.2, 0.25) is 0 Å². The molecule has 0 fully saturated rings. The van der Waals surface area contributed by atoms with E-state index in [2.05, 4.69) is 9.71 Å². The number of aryl methyl sites for hydroxylation is 2. The molecule has 7 nitrogen and oxygen atoms in total. The molecule has 1 rings (SSSR count). The first-order valence-corrected chi connectivity index (χ1v) is 7.13. The largest absolute Gasteiger partial charge is 0.387 e. The fraction of sp³-hybridized carbons (Fsp3) is 0.600. The average molecular weight is 273 g/mol. The zero-order chi connectivity index (χ0) is 13.9. The Morgan fingerprint density at radius 3 is 2.72 bits per heavy atom. The third-order valence-corrected chi connectivity index (χ3v) is 3.97. The van der Waals surface area contributed by atoms with Crippen molar-refractivity contribution >= 4 is 15.9 Å². The predicted octanol–water partition coefficient (Wildman–Crippen LogP) is 0.0618. The lowest BCUT2D eigenvalue weighted by Crippen LogP contribution is -2.34. The minimum atomic E-state index is -3.63. The summed E-state index contributed by atoms with van der Waals surface area (Å²) in [5.41, 5.74) is 5.28. The summed E-state index contributed by atoms with van der Waals surface area (Å²) in [4.78, 5) is 4.00. The Morgan fingerprint density at radius 1 is 1.67 bits per heavy atom. The molecule has 0 radical (unpaired) electrons. The standard InChI is InChI=1S/C10H19N5O2S/c1-4-15-6-9(14-8(15)3)18(16,17)13-5-7(2)10(11)12/h6-7,13H,4-5H2,1-3H3,(H3,11,12). The highest BCUT2D eigenvalue weighted by molar-refractivity contribution is 7.89. The monoisotopic (exact) mass is 273 g/mol. The van der Waals surface area contributed by atoms with Crippen molar-refractivity contribution in [2.45, 2.75) is 32.3 Å². The van der Waals surface area contributed by atoms with Gasteiger partial charge in [0.25, 0.3) is 10.0 Å². The van der Waals surface area contributed by atoms with E-state index in [0.717, 1.165) is 0 Å². The summed E-state index contributed by atoms with van der Waals surface area (Å²) in [7, 11) is -3.63. The van der Waals surface area contributed by atoms with Crippen LogP contribution in [0.25, 0.3) is 0 Å². The van der Waals surface area contributed by atoms with E-state index in [1.54, 1.807) is 18.4 Å². The smallest absolute Gasteiger partial charge is 0.259 e. The van der Waals surface area contributed by atoms with Crippen LogP contribution in [0, 0.1) is 18.3 Å². The van der Waals surface area contributed by atoms with Gasteiger partial charge in [0.05, 0.1) is 5.84 Å². The maximum absolute atomic E-state index is 11.9. The van der Waals surface area contributed by atoms with E-state index in [9.17, 15) is 8.42 Å². The zero-order valence-corrected chi connectivity index (χ0v) is 11.6. The first-order valence-electron chi connectivity index (χ1n) is 5.65. The maximum atomic E-state index is 11.9. The maximum Gasteiger partial charge on any atom is 0.259 e. The molecule has 8 heteroatoms. The van der Waals surface area contributed by atoms with Gasteiger partial charge in [-0.2, -0.15) is 0 Å². The van der Waals surface area contributed by atoms with Crippen molar-refractivity contribution in [2.75, 3.05) is 6.54 Å². The highest BCUT2D eigenvalue weighted by Crippen LogP contribution is 2.09. The molecule has 1 aromatic rings. The SMILES string of the molecule is CCn1cc(S(=O)(=O)NCC(C)C(=N)N)nc1C. The predicted molar refractivity (Wildman–Crippen MR) is 68.9 cm³/mol. The summed E-state index contributed by atoms with van der Waals surface area (Å²) >= 11 is 0. The van der Waals surface area contributed by atoms with Crippen molar-refractivity contribution in [2.24, 2.45) is 11.7 Å². The molecule has 102 valence electrons. The molecule has 18 heavy (non-hydrogen) atoms. The topological polar surface area (TPSA) is 114 Å². The molecule has 1 aromatic heterocycles. The molecule has 0 aromatic carbocycles. The second-order valence-electron chi connectivity index (χ2n) is 4.12. The van der Waals surface area contributed by atoms with E-state index in [4.69, 9.17) is 11.1 Å². The molecule has 0 aliphatic carbocycles. The van der Waals surface area contributed by atoms with E-state index < -0.39 is 10.0 Å². The summed E-state index contributed by atoms with van der Waals surface area (Å²) in [6, 6.07) is 0. The number of nitrogens with two attached hydrogens (primary N) is 1. The number of hydrogen-bond acceptors (Lipinski definition) is 4. The fourth-order valence-corrected chi connectivity index (χ4v) is 2.48. The minimum Gasteiger partial charge on any atom is -0.387 e. The second kappa shape index (κ2) is 5.49. The van der Waals surface area contributed by atoms with Crippen LogP contribution in [-0.2, 0) is 16.6 Å². The van der Waals surface area contributed by atoms with Gasteiger partial charge in [-0.15, -0.1) is 0 Å². The number of nitrogens with zero attached hydrogens (tertiary/aromatic N) is 2. The van der Waals surface area contributed by atoms with Gasteiger partial charge in [0.1, 0.15) is 5.82 Å². The van der Waals surface area contributed by atoms with Crippen molar-refractivity contribution in [3.8, 4) is 0 Å². The van der Waals surface area contributed by atoms with E-state index in [-0.39, 0.29) is 23.3 Å². The summed E-state index contributed by atoms with van der Waals surface area (Å²) in [6.07, 6.45) is 1.50. The van der Waals surface area contributed by atoms with Crippen LogP contribution in [0.5, 0.6) is 0 Å². The van der Waals surface area contributed by atoms with Crippen LogP contribution in [0.3, 0.4) is 0 Å². The highest BCUT2D eigenvalue weighted by atomic mass is 32.2. The number of hydrogen-bond donors (Lipinski definition) is 3. The van der Waals surface area contributed by atoms with Crippen molar-refractivity contribution in [1.82, 2.24) is 14.3 Å². The Balaban J connectivity index is 2.83. The van der Waals surface area contributed by atoms with E-state index >= 15 is 0 Å². The van der Waals surface area contributed by atoms with Crippen LogP contribution in [-0.4, -0.2) is 30.3 Å². The molecule has 1 atom stereocenters. The summed E-state index contributed by atoms with van der Waals surface area (Å²) < 4.78 is 28.0. The second-order valence-corrected chi connectivity index (χ2v) is 5.83. The number of sulfonamides is 1. The normalized spacial score (nSPS) is 13.5. The van der Waals surface area contributed by atoms with Crippen LogP contribution >= 0.6 is 0 Å². The molecule has 0 aliphatic rings. The van der Waals surface area contributed by atoms with Crippen LogP contribution in [0.15, 0.2) is 11.2 Å². The third-order valence-electron chi connectivity index (χ3n) is 2.68. The highest BCUT2D eigenvalue weighted by Gasteiger charge is 2.20. The van der Waals surface area contributed by atoms with Crippen molar-refractivity contribution < 1.29 is 8.42 Å². The van der Waals surface area contributed by atoms with Crippen LogP contribution < -0.4 is 10.5 Å².